The molecule has 9 heteroatoms. The van der Waals surface area contributed by atoms with Crippen LogP contribution in [0.2, 0.25) is 0 Å². The second kappa shape index (κ2) is 8.28. The molecule has 1 aliphatic carbocycles. The van der Waals surface area contributed by atoms with Gasteiger partial charge in [-0.2, -0.15) is 0 Å². The van der Waals surface area contributed by atoms with Gasteiger partial charge in [-0.1, -0.05) is 26.8 Å². The molecule has 1 aliphatic heterocycles. The summed E-state index contributed by atoms with van der Waals surface area (Å²) in [6.07, 6.45) is 1.96. The van der Waals surface area contributed by atoms with Crippen LogP contribution in [-0.2, 0) is 19.1 Å². The minimum Gasteiger partial charge on any atom is -0.454 e. The van der Waals surface area contributed by atoms with E-state index in [4.69, 9.17) is 4.74 Å². The molecule has 8 nitrogen and oxygen atoms in total. The highest BCUT2D eigenvalue weighted by atomic mass is 19.1. The van der Waals surface area contributed by atoms with Gasteiger partial charge in [-0.25, -0.2) is 9.18 Å². The van der Waals surface area contributed by atoms with Crippen molar-refractivity contribution in [2.75, 3.05) is 18.5 Å². The van der Waals surface area contributed by atoms with Gasteiger partial charge in [0.1, 0.15) is 17.9 Å². The van der Waals surface area contributed by atoms with Crippen molar-refractivity contribution in [1.82, 2.24) is 10.2 Å². The molecule has 168 valence electrons. The number of esters is 1. The number of ether oxygens (including phenoxy) is 1. The summed E-state index contributed by atoms with van der Waals surface area (Å²) in [5.41, 5.74) is -0.462. The van der Waals surface area contributed by atoms with Crippen molar-refractivity contribution in [2.24, 2.45) is 11.3 Å². The van der Waals surface area contributed by atoms with Gasteiger partial charge in [0.2, 0.25) is 0 Å². The first-order valence-electron chi connectivity index (χ1n) is 10.3. The minimum atomic E-state index is -1.01. The monoisotopic (exact) mass is 433 g/mol. The molecule has 0 unspecified atom stereocenters. The summed E-state index contributed by atoms with van der Waals surface area (Å²) in [6, 6.07) is 3.57. The standard InChI is InChI=1S/C22H28FN3O5/c1-13-8-21(3,4)12-22(9-13)19(29)26(20(30)25-22)10-18(28)31-11-17(27)24-15-6-5-14(2)16(23)7-15/h5-7,13H,8-12H2,1-4H3,(H,24,27)(H,25,30)/t13-,22-/m0/s1. The number of imide groups is 1. The third kappa shape index (κ3) is 5.03. The van der Waals surface area contributed by atoms with Crippen molar-refractivity contribution in [2.45, 2.75) is 52.5 Å². The lowest BCUT2D eigenvalue weighted by atomic mass is 9.64. The summed E-state index contributed by atoms with van der Waals surface area (Å²) in [5.74, 6) is -2.20. The van der Waals surface area contributed by atoms with Gasteiger partial charge in [-0.05, 0) is 55.2 Å². The third-order valence-electron chi connectivity index (χ3n) is 5.73. The number of nitrogens with zero attached hydrogens (tertiary/aromatic N) is 1. The first kappa shape index (κ1) is 22.7. The van der Waals surface area contributed by atoms with E-state index in [0.29, 0.717) is 18.4 Å². The van der Waals surface area contributed by atoms with Crippen LogP contribution < -0.4 is 10.6 Å². The Kier molecular flexibility index (Phi) is 6.07. The number of amides is 4. The fourth-order valence-electron chi connectivity index (χ4n) is 4.84. The molecular weight excluding hydrogens is 405 g/mol. The van der Waals surface area contributed by atoms with Crippen LogP contribution >= 0.6 is 0 Å². The van der Waals surface area contributed by atoms with Crippen LogP contribution in [-0.4, -0.2) is 47.4 Å². The number of aryl methyl sites for hydroxylation is 1. The number of urea groups is 1. The van der Waals surface area contributed by atoms with Crippen molar-refractivity contribution < 1.29 is 28.3 Å². The van der Waals surface area contributed by atoms with Crippen molar-refractivity contribution >= 4 is 29.5 Å². The normalized spacial score (nSPS) is 24.8. The average molecular weight is 433 g/mol. The number of hydrogen-bond donors (Lipinski definition) is 2. The van der Waals surface area contributed by atoms with Crippen molar-refractivity contribution in [3.8, 4) is 0 Å². The molecule has 1 spiro atoms. The summed E-state index contributed by atoms with van der Waals surface area (Å²) in [4.78, 5) is 50.4. The molecule has 0 radical (unpaired) electrons. The highest BCUT2D eigenvalue weighted by molar-refractivity contribution is 6.09. The molecule has 0 bridgehead atoms. The van der Waals surface area contributed by atoms with Gasteiger partial charge in [0.05, 0.1) is 0 Å². The molecule has 4 amide bonds. The van der Waals surface area contributed by atoms with E-state index in [-0.39, 0.29) is 17.0 Å². The number of anilines is 1. The molecule has 3 rings (SSSR count). The zero-order valence-electron chi connectivity index (χ0n) is 18.2. The van der Waals surface area contributed by atoms with Gasteiger partial charge in [0.15, 0.2) is 6.61 Å². The van der Waals surface area contributed by atoms with Gasteiger partial charge in [0, 0.05) is 5.69 Å². The Labute approximate surface area is 180 Å². The molecule has 2 atom stereocenters. The Hall–Kier alpha value is -2.97. The van der Waals surface area contributed by atoms with E-state index < -0.39 is 48.3 Å². The van der Waals surface area contributed by atoms with Gasteiger partial charge >= 0.3 is 12.0 Å². The fraction of sp³-hybridized carbons (Fsp3) is 0.545. The molecule has 1 aromatic carbocycles. The molecule has 2 aliphatic rings. The average Bonchev–Trinajstić information content (AvgIpc) is 2.84. The predicted octanol–water partition coefficient (Wildman–Crippen LogP) is 2.75. The molecule has 1 aromatic rings. The van der Waals surface area contributed by atoms with Crippen LogP contribution in [0.15, 0.2) is 18.2 Å². The quantitative estimate of drug-likeness (QED) is 0.549. The number of nitrogens with one attached hydrogen (secondary N) is 2. The SMILES string of the molecule is Cc1ccc(NC(=O)COC(=O)CN2C(=O)N[C@]3(C[C@@H](C)CC(C)(C)C3)C2=O)cc1F. The van der Waals surface area contributed by atoms with Crippen molar-refractivity contribution in [3.63, 3.8) is 0 Å². The third-order valence-corrected chi connectivity index (χ3v) is 5.73. The first-order valence-corrected chi connectivity index (χ1v) is 10.3. The summed E-state index contributed by atoms with van der Waals surface area (Å²) < 4.78 is 18.5. The molecule has 1 heterocycles. The van der Waals surface area contributed by atoms with E-state index >= 15 is 0 Å². The van der Waals surface area contributed by atoms with Crippen LogP contribution in [0.4, 0.5) is 14.9 Å². The molecule has 2 fully saturated rings. The summed E-state index contributed by atoms with van der Waals surface area (Å²) in [6.45, 7) is 6.55. The van der Waals surface area contributed by atoms with E-state index in [1.807, 2.05) is 6.92 Å². The zero-order chi connectivity index (χ0) is 23.0. The Balaban J connectivity index is 1.55. The van der Waals surface area contributed by atoms with Crippen LogP contribution in [0.1, 0.15) is 45.6 Å². The molecule has 31 heavy (non-hydrogen) atoms. The number of hydrogen-bond acceptors (Lipinski definition) is 5. The molecule has 0 aromatic heterocycles. The van der Waals surface area contributed by atoms with Crippen molar-refractivity contribution in [1.29, 1.82) is 0 Å². The number of benzene rings is 1. The van der Waals surface area contributed by atoms with Gasteiger partial charge in [-0.3, -0.25) is 19.3 Å². The fourth-order valence-corrected chi connectivity index (χ4v) is 4.84. The molecule has 1 saturated heterocycles. The van der Waals surface area contributed by atoms with E-state index in [9.17, 15) is 23.6 Å². The Morgan fingerprint density at radius 2 is 2.00 bits per heavy atom. The van der Waals surface area contributed by atoms with Gasteiger partial charge in [0.25, 0.3) is 11.8 Å². The predicted molar refractivity (Wildman–Crippen MR) is 110 cm³/mol. The maximum Gasteiger partial charge on any atom is 0.326 e. The highest BCUT2D eigenvalue weighted by Gasteiger charge is 2.56. The molecular formula is C22H28FN3O5. The van der Waals surface area contributed by atoms with E-state index in [0.717, 1.165) is 17.4 Å². The Morgan fingerprint density at radius 3 is 2.65 bits per heavy atom. The molecule has 2 N–H and O–H groups in total. The number of halogens is 1. The van der Waals surface area contributed by atoms with Gasteiger partial charge < -0.3 is 15.4 Å². The first-order chi connectivity index (χ1) is 14.4. The van der Waals surface area contributed by atoms with Crippen LogP contribution in [0, 0.1) is 24.1 Å². The maximum atomic E-state index is 13.6. The van der Waals surface area contributed by atoms with Crippen molar-refractivity contribution in [3.05, 3.63) is 29.6 Å². The smallest absolute Gasteiger partial charge is 0.326 e. The highest BCUT2D eigenvalue weighted by Crippen LogP contribution is 2.46. The summed E-state index contributed by atoms with van der Waals surface area (Å²) in [5, 5.41) is 5.20. The van der Waals surface area contributed by atoms with Gasteiger partial charge in [-0.15, -0.1) is 0 Å². The number of carbonyl (C=O) groups excluding carboxylic acids is 4. The number of rotatable bonds is 5. The summed E-state index contributed by atoms with van der Waals surface area (Å²) >= 11 is 0. The zero-order valence-corrected chi connectivity index (χ0v) is 18.2. The van der Waals surface area contributed by atoms with E-state index in [1.54, 1.807) is 6.92 Å². The minimum absolute atomic E-state index is 0.120. The topological polar surface area (TPSA) is 105 Å². The van der Waals surface area contributed by atoms with Crippen LogP contribution in [0.3, 0.4) is 0 Å². The lowest BCUT2D eigenvalue weighted by Crippen LogP contribution is -2.54. The second-order valence-corrected chi connectivity index (χ2v) is 9.43. The van der Waals surface area contributed by atoms with Crippen LogP contribution in [0.25, 0.3) is 0 Å². The lowest BCUT2D eigenvalue weighted by Gasteiger charge is -2.43. The second-order valence-electron chi connectivity index (χ2n) is 9.43. The van der Waals surface area contributed by atoms with E-state index in [1.165, 1.54) is 12.1 Å². The lowest BCUT2D eigenvalue weighted by molar-refractivity contribution is -0.150. The Bertz CT molecular complexity index is 932. The molecule has 1 saturated carbocycles. The maximum absolute atomic E-state index is 13.6. The van der Waals surface area contributed by atoms with Crippen LogP contribution in [0.5, 0.6) is 0 Å². The Morgan fingerprint density at radius 1 is 1.29 bits per heavy atom. The van der Waals surface area contributed by atoms with E-state index in [2.05, 4.69) is 24.5 Å². The largest absolute Gasteiger partial charge is 0.454 e. The summed E-state index contributed by atoms with van der Waals surface area (Å²) in [7, 11) is 0. The number of carbonyl (C=O) groups is 4.